The van der Waals surface area contributed by atoms with Crippen LogP contribution in [0.15, 0.2) is 35.4 Å². The molecule has 1 aromatic carbocycles. The SMILES string of the molecule is O=S(=O)(Cc1ccccc1)C1=NNC(C(F)F)C1. The molecule has 1 aromatic rings. The molecule has 1 unspecified atom stereocenters. The smallest absolute Gasteiger partial charge is 0.260 e. The highest BCUT2D eigenvalue weighted by atomic mass is 32.2. The van der Waals surface area contributed by atoms with Gasteiger partial charge in [0.05, 0.1) is 5.75 Å². The van der Waals surface area contributed by atoms with Crippen LogP contribution in [0.25, 0.3) is 0 Å². The number of benzene rings is 1. The molecule has 0 radical (unpaired) electrons. The summed E-state index contributed by atoms with van der Waals surface area (Å²) in [6.45, 7) is 0. The Morgan fingerprint density at radius 3 is 2.56 bits per heavy atom. The Labute approximate surface area is 104 Å². The summed E-state index contributed by atoms with van der Waals surface area (Å²) in [7, 11) is -3.63. The van der Waals surface area contributed by atoms with E-state index >= 15 is 0 Å². The fourth-order valence-corrected chi connectivity index (χ4v) is 3.08. The van der Waals surface area contributed by atoms with E-state index in [1.54, 1.807) is 30.3 Å². The standard InChI is InChI=1S/C11H12F2N2O2S/c12-11(13)9-6-10(15-14-9)18(16,17)7-8-4-2-1-3-5-8/h1-5,9,11,14H,6-7H2. The maximum atomic E-state index is 12.4. The van der Waals surface area contributed by atoms with Crippen molar-refractivity contribution in [2.75, 3.05) is 0 Å². The topological polar surface area (TPSA) is 58.5 Å². The second-order valence-corrected chi connectivity index (χ2v) is 6.01. The Kier molecular flexibility index (Phi) is 3.60. The van der Waals surface area contributed by atoms with Gasteiger partial charge in [-0.2, -0.15) is 5.10 Å². The lowest BCUT2D eigenvalue weighted by atomic mass is 10.2. The number of nitrogens with zero attached hydrogens (tertiary/aromatic N) is 1. The molecule has 0 aromatic heterocycles. The van der Waals surface area contributed by atoms with Gasteiger partial charge in [-0.3, -0.25) is 5.43 Å². The van der Waals surface area contributed by atoms with Gasteiger partial charge in [0.2, 0.25) is 0 Å². The average molecular weight is 274 g/mol. The first-order chi connectivity index (χ1) is 8.49. The Hall–Kier alpha value is -1.50. The van der Waals surface area contributed by atoms with E-state index in [9.17, 15) is 17.2 Å². The number of sulfone groups is 1. The van der Waals surface area contributed by atoms with E-state index in [1.165, 1.54) is 0 Å². The number of alkyl halides is 2. The monoisotopic (exact) mass is 274 g/mol. The third kappa shape index (κ3) is 2.84. The molecule has 0 saturated carbocycles. The highest BCUT2D eigenvalue weighted by Crippen LogP contribution is 2.17. The molecule has 0 amide bonds. The van der Waals surface area contributed by atoms with E-state index in [0.29, 0.717) is 5.56 Å². The third-order valence-electron chi connectivity index (χ3n) is 2.61. The van der Waals surface area contributed by atoms with Crippen LogP contribution in [0.1, 0.15) is 12.0 Å². The van der Waals surface area contributed by atoms with Crippen molar-refractivity contribution in [1.29, 1.82) is 0 Å². The number of hydrogen-bond acceptors (Lipinski definition) is 4. The number of hydrazone groups is 1. The molecule has 0 fully saturated rings. The second-order valence-electron chi connectivity index (χ2n) is 4.02. The average Bonchev–Trinajstić information content (AvgIpc) is 2.79. The van der Waals surface area contributed by atoms with Crippen LogP contribution in [0.4, 0.5) is 8.78 Å². The molecule has 7 heteroatoms. The molecule has 1 N–H and O–H groups in total. The Bertz CT molecular complexity index is 543. The molecule has 0 bridgehead atoms. The molecule has 1 atom stereocenters. The van der Waals surface area contributed by atoms with E-state index in [4.69, 9.17) is 0 Å². The number of halogens is 2. The molecule has 18 heavy (non-hydrogen) atoms. The van der Waals surface area contributed by atoms with E-state index < -0.39 is 22.3 Å². The fourth-order valence-electron chi connectivity index (χ4n) is 1.65. The highest BCUT2D eigenvalue weighted by molar-refractivity contribution is 8.05. The second kappa shape index (κ2) is 5.01. The Morgan fingerprint density at radius 1 is 1.33 bits per heavy atom. The number of nitrogens with one attached hydrogen (secondary N) is 1. The molecule has 4 nitrogen and oxygen atoms in total. The molecule has 98 valence electrons. The normalized spacial score (nSPS) is 19.7. The van der Waals surface area contributed by atoms with Crippen molar-refractivity contribution in [3.63, 3.8) is 0 Å². The van der Waals surface area contributed by atoms with Gasteiger partial charge >= 0.3 is 0 Å². The quantitative estimate of drug-likeness (QED) is 0.909. The summed E-state index contributed by atoms with van der Waals surface area (Å²) in [6, 6.07) is 7.36. The van der Waals surface area contributed by atoms with Gasteiger partial charge in [-0.25, -0.2) is 17.2 Å². The van der Waals surface area contributed by atoms with Gasteiger partial charge in [0, 0.05) is 6.42 Å². The van der Waals surface area contributed by atoms with Crippen LogP contribution in [0, 0.1) is 0 Å². The minimum absolute atomic E-state index is 0.198. The van der Waals surface area contributed by atoms with Gasteiger partial charge in [-0.05, 0) is 5.56 Å². The van der Waals surface area contributed by atoms with Crippen LogP contribution in [0.3, 0.4) is 0 Å². The van der Waals surface area contributed by atoms with Gasteiger partial charge in [0.25, 0.3) is 6.43 Å². The maximum Gasteiger partial charge on any atom is 0.260 e. The molecule has 0 spiro atoms. The van der Waals surface area contributed by atoms with E-state index in [2.05, 4.69) is 10.5 Å². The zero-order valence-corrected chi connectivity index (χ0v) is 10.2. The zero-order valence-electron chi connectivity index (χ0n) is 9.38. The molecule has 0 saturated heterocycles. The minimum Gasteiger partial charge on any atom is -0.300 e. The summed E-state index contributed by atoms with van der Waals surface area (Å²) in [5.74, 6) is -0.218. The van der Waals surface area contributed by atoms with Crippen LogP contribution < -0.4 is 5.43 Å². The van der Waals surface area contributed by atoms with Gasteiger partial charge in [0.15, 0.2) is 14.9 Å². The summed E-state index contributed by atoms with van der Waals surface area (Å²) in [6.07, 6.45) is -2.88. The van der Waals surface area contributed by atoms with Crippen LogP contribution in [-0.2, 0) is 15.6 Å². The minimum atomic E-state index is -3.63. The molecular weight excluding hydrogens is 262 g/mol. The highest BCUT2D eigenvalue weighted by Gasteiger charge is 2.33. The van der Waals surface area contributed by atoms with Crippen LogP contribution in [-0.4, -0.2) is 25.9 Å². The van der Waals surface area contributed by atoms with Gasteiger partial charge in [-0.15, -0.1) is 0 Å². The predicted octanol–water partition coefficient (Wildman–Crippen LogP) is 1.54. The van der Waals surface area contributed by atoms with Crippen molar-refractivity contribution in [2.24, 2.45) is 5.10 Å². The maximum absolute atomic E-state index is 12.4. The largest absolute Gasteiger partial charge is 0.300 e. The van der Waals surface area contributed by atoms with Gasteiger partial charge < -0.3 is 0 Å². The molecule has 1 aliphatic rings. The van der Waals surface area contributed by atoms with Crippen molar-refractivity contribution >= 4 is 14.9 Å². The summed E-state index contributed by atoms with van der Waals surface area (Å²) >= 11 is 0. The summed E-state index contributed by atoms with van der Waals surface area (Å²) in [5, 5.41) is 3.31. The lowest BCUT2D eigenvalue weighted by Gasteiger charge is -2.07. The molecule has 2 rings (SSSR count). The Balaban J connectivity index is 2.09. The molecular formula is C11H12F2N2O2S. The van der Waals surface area contributed by atoms with Crippen molar-refractivity contribution in [2.45, 2.75) is 24.6 Å². The molecule has 1 aliphatic heterocycles. The van der Waals surface area contributed by atoms with Crippen LogP contribution >= 0.6 is 0 Å². The van der Waals surface area contributed by atoms with Gasteiger partial charge in [-0.1, -0.05) is 30.3 Å². The lowest BCUT2D eigenvalue weighted by molar-refractivity contribution is 0.106. The lowest BCUT2D eigenvalue weighted by Crippen LogP contribution is -2.28. The summed E-state index contributed by atoms with van der Waals surface area (Å²) in [4.78, 5) is 0. The van der Waals surface area contributed by atoms with E-state index in [0.717, 1.165) is 0 Å². The van der Waals surface area contributed by atoms with Crippen LogP contribution in [0.5, 0.6) is 0 Å². The zero-order chi connectivity index (χ0) is 13.2. The van der Waals surface area contributed by atoms with E-state index in [1.807, 2.05) is 0 Å². The first-order valence-electron chi connectivity index (χ1n) is 5.36. The summed E-state index contributed by atoms with van der Waals surface area (Å²) in [5.41, 5.74) is 2.77. The fraction of sp³-hybridized carbons (Fsp3) is 0.364. The van der Waals surface area contributed by atoms with E-state index in [-0.39, 0.29) is 17.2 Å². The van der Waals surface area contributed by atoms with Gasteiger partial charge in [0.1, 0.15) is 6.04 Å². The third-order valence-corrected chi connectivity index (χ3v) is 4.30. The van der Waals surface area contributed by atoms with Crippen LogP contribution in [0.2, 0.25) is 0 Å². The van der Waals surface area contributed by atoms with Crippen molar-refractivity contribution in [3.05, 3.63) is 35.9 Å². The van der Waals surface area contributed by atoms with Crippen molar-refractivity contribution < 1.29 is 17.2 Å². The Morgan fingerprint density at radius 2 is 2.00 bits per heavy atom. The van der Waals surface area contributed by atoms with Crippen molar-refractivity contribution in [3.8, 4) is 0 Å². The number of rotatable bonds is 3. The van der Waals surface area contributed by atoms with Crippen molar-refractivity contribution in [1.82, 2.24) is 5.43 Å². The molecule has 1 heterocycles. The number of hydrogen-bond donors (Lipinski definition) is 1. The summed E-state index contributed by atoms with van der Waals surface area (Å²) < 4.78 is 48.7. The first-order valence-corrected chi connectivity index (χ1v) is 7.01. The first kappa shape index (κ1) is 12.9. The molecule has 0 aliphatic carbocycles. The predicted molar refractivity (Wildman–Crippen MR) is 64.0 cm³/mol.